The summed E-state index contributed by atoms with van der Waals surface area (Å²) in [7, 11) is -3.57. The summed E-state index contributed by atoms with van der Waals surface area (Å²) < 4.78 is 32.1. The Bertz CT molecular complexity index is 606. The summed E-state index contributed by atoms with van der Waals surface area (Å²) in [6.45, 7) is 0.642. The lowest BCUT2D eigenvalue weighted by molar-refractivity contribution is 0.0314. The van der Waals surface area contributed by atoms with E-state index in [1.165, 1.54) is 5.56 Å². The lowest BCUT2D eigenvalue weighted by Crippen LogP contribution is -2.43. The van der Waals surface area contributed by atoms with E-state index in [2.05, 4.69) is 4.72 Å². The van der Waals surface area contributed by atoms with Crippen molar-refractivity contribution in [2.45, 2.75) is 36.2 Å². The third kappa shape index (κ3) is 2.74. The number of ether oxygens (including phenoxy) is 1. The van der Waals surface area contributed by atoms with Crippen LogP contribution < -0.4 is 4.72 Å². The molecule has 1 aromatic rings. The van der Waals surface area contributed by atoms with E-state index in [1.807, 2.05) is 6.07 Å². The van der Waals surface area contributed by atoms with Crippen LogP contribution in [0, 0.1) is 0 Å². The molecule has 0 radical (unpaired) electrons. The maximum absolute atomic E-state index is 12.3. The highest BCUT2D eigenvalue weighted by molar-refractivity contribution is 7.89. The predicted octanol–water partition coefficient (Wildman–Crippen LogP) is 0.605. The molecule has 5 nitrogen and oxygen atoms in total. The quantitative estimate of drug-likeness (QED) is 0.853. The molecular formula is C14H19NO4S. The number of fused-ring (bicyclic) bond motifs is 1. The normalized spacial score (nSPS) is 25.9. The Labute approximate surface area is 119 Å². The highest BCUT2D eigenvalue weighted by Gasteiger charge is 2.33. The average Bonchev–Trinajstić information content (AvgIpc) is 3.05. The fourth-order valence-corrected chi connectivity index (χ4v) is 3.93. The molecule has 1 atom stereocenters. The number of hydrogen-bond acceptors (Lipinski definition) is 4. The van der Waals surface area contributed by atoms with Gasteiger partial charge in [0.1, 0.15) is 5.60 Å². The first-order valence-electron chi connectivity index (χ1n) is 6.90. The van der Waals surface area contributed by atoms with E-state index in [4.69, 9.17) is 4.74 Å². The minimum Gasteiger partial charge on any atom is -0.386 e. The van der Waals surface area contributed by atoms with Gasteiger partial charge in [-0.25, -0.2) is 13.1 Å². The Hall–Kier alpha value is -0.950. The molecule has 1 fully saturated rings. The molecule has 1 aliphatic heterocycles. The Morgan fingerprint density at radius 2 is 2.10 bits per heavy atom. The van der Waals surface area contributed by atoms with Gasteiger partial charge in [-0.3, -0.25) is 0 Å². The van der Waals surface area contributed by atoms with Gasteiger partial charge in [0.15, 0.2) is 0 Å². The Morgan fingerprint density at radius 1 is 1.30 bits per heavy atom. The molecule has 2 N–H and O–H groups in total. The maximum Gasteiger partial charge on any atom is 0.240 e. The first-order chi connectivity index (χ1) is 9.49. The molecule has 1 aromatic carbocycles. The Kier molecular flexibility index (Phi) is 3.58. The molecule has 0 amide bonds. The van der Waals surface area contributed by atoms with E-state index in [0.717, 1.165) is 24.8 Å². The molecule has 3 rings (SSSR count). The van der Waals surface area contributed by atoms with Crippen LogP contribution in [0.15, 0.2) is 23.1 Å². The third-order valence-electron chi connectivity index (χ3n) is 4.05. The topological polar surface area (TPSA) is 75.6 Å². The van der Waals surface area contributed by atoms with Crippen molar-refractivity contribution in [2.24, 2.45) is 0 Å². The van der Waals surface area contributed by atoms with Crippen molar-refractivity contribution in [3.8, 4) is 0 Å². The van der Waals surface area contributed by atoms with E-state index < -0.39 is 15.6 Å². The van der Waals surface area contributed by atoms with E-state index in [-0.39, 0.29) is 18.0 Å². The summed E-state index contributed by atoms with van der Waals surface area (Å²) in [6, 6.07) is 5.28. The van der Waals surface area contributed by atoms with Crippen molar-refractivity contribution in [1.29, 1.82) is 0 Å². The summed E-state index contributed by atoms with van der Waals surface area (Å²) in [6.07, 6.45) is 3.51. The third-order valence-corrected chi connectivity index (χ3v) is 5.45. The molecule has 1 saturated heterocycles. The summed E-state index contributed by atoms with van der Waals surface area (Å²) >= 11 is 0. The summed E-state index contributed by atoms with van der Waals surface area (Å²) in [5.74, 6) is 0. The van der Waals surface area contributed by atoms with Gasteiger partial charge in [0.2, 0.25) is 10.0 Å². The van der Waals surface area contributed by atoms with Gasteiger partial charge in [-0.2, -0.15) is 0 Å². The molecule has 110 valence electrons. The highest BCUT2D eigenvalue weighted by Crippen LogP contribution is 2.25. The molecule has 6 heteroatoms. The molecule has 0 aromatic heterocycles. The number of sulfonamides is 1. The van der Waals surface area contributed by atoms with Gasteiger partial charge >= 0.3 is 0 Å². The summed E-state index contributed by atoms with van der Waals surface area (Å²) in [5, 5.41) is 10.1. The SMILES string of the molecule is O=S(=O)(NCC1(O)CCOC1)c1ccc2c(c1)CCC2. The van der Waals surface area contributed by atoms with Crippen molar-refractivity contribution in [3.63, 3.8) is 0 Å². The van der Waals surface area contributed by atoms with Crippen LogP contribution in [0.5, 0.6) is 0 Å². The van der Waals surface area contributed by atoms with Crippen molar-refractivity contribution >= 4 is 10.0 Å². The predicted molar refractivity (Wildman–Crippen MR) is 74.0 cm³/mol. The van der Waals surface area contributed by atoms with Gasteiger partial charge in [-0.1, -0.05) is 6.07 Å². The van der Waals surface area contributed by atoms with Gasteiger partial charge in [-0.15, -0.1) is 0 Å². The fourth-order valence-electron chi connectivity index (χ4n) is 2.76. The number of aliphatic hydroxyl groups is 1. The van der Waals surface area contributed by atoms with Gasteiger partial charge in [-0.05, 0) is 42.5 Å². The van der Waals surface area contributed by atoms with Gasteiger partial charge in [0.05, 0.1) is 11.5 Å². The largest absolute Gasteiger partial charge is 0.386 e. The zero-order valence-electron chi connectivity index (χ0n) is 11.3. The minimum atomic E-state index is -3.57. The number of rotatable bonds is 4. The van der Waals surface area contributed by atoms with Crippen molar-refractivity contribution in [2.75, 3.05) is 19.8 Å². The van der Waals surface area contributed by atoms with Gasteiger partial charge < -0.3 is 9.84 Å². The van der Waals surface area contributed by atoms with Crippen LogP contribution in [0.3, 0.4) is 0 Å². The second kappa shape index (κ2) is 5.11. The van der Waals surface area contributed by atoms with Crippen LogP contribution in [-0.2, 0) is 27.6 Å². The van der Waals surface area contributed by atoms with Crippen LogP contribution >= 0.6 is 0 Å². The molecule has 0 spiro atoms. The maximum atomic E-state index is 12.3. The molecule has 20 heavy (non-hydrogen) atoms. The van der Waals surface area contributed by atoms with Crippen molar-refractivity contribution in [3.05, 3.63) is 29.3 Å². The van der Waals surface area contributed by atoms with E-state index in [1.54, 1.807) is 12.1 Å². The average molecular weight is 297 g/mol. The number of hydrogen-bond donors (Lipinski definition) is 2. The summed E-state index contributed by atoms with van der Waals surface area (Å²) in [4.78, 5) is 0.278. The number of aryl methyl sites for hydroxylation is 2. The van der Waals surface area contributed by atoms with Gasteiger partial charge in [0, 0.05) is 19.6 Å². The molecule has 1 heterocycles. The smallest absolute Gasteiger partial charge is 0.240 e. The Morgan fingerprint density at radius 3 is 2.85 bits per heavy atom. The number of benzene rings is 1. The Balaban J connectivity index is 1.74. The standard InChI is InChI=1S/C14H19NO4S/c16-14(6-7-19-10-14)9-15-20(17,18)13-5-4-11-2-1-3-12(11)8-13/h4-5,8,15-16H,1-3,6-7,9-10H2. The minimum absolute atomic E-state index is 0.00752. The van der Waals surface area contributed by atoms with Crippen LogP contribution in [0.25, 0.3) is 0 Å². The molecule has 0 bridgehead atoms. The lowest BCUT2D eigenvalue weighted by atomic mass is 10.1. The number of nitrogens with one attached hydrogen (secondary N) is 1. The van der Waals surface area contributed by atoms with Crippen LogP contribution in [0.4, 0.5) is 0 Å². The second-order valence-corrected chi connectivity index (χ2v) is 7.40. The first kappa shape index (κ1) is 14.0. The molecule has 1 aliphatic carbocycles. The highest BCUT2D eigenvalue weighted by atomic mass is 32.2. The zero-order chi connectivity index (χ0) is 14.2. The van der Waals surface area contributed by atoms with Crippen LogP contribution in [-0.4, -0.2) is 38.9 Å². The zero-order valence-corrected chi connectivity index (χ0v) is 12.1. The molecule has 0 saturated carbocycles. The van der Waals surface area contributed by atoms with Crippen molar-refractivity contribution in [1.82, 2.24) is 4.72 Å². The van der Waals surface area contributed by atoms with E-state index in [0.29, 0.717) is 13.0 Å². The van der Waals surface area contributed by atoms with Crippen LogP contribution in [0.2, 0.25) is 0 Å². The van der Waals surface area contributed by atoms with Crippen LogP contribution in [0.1, 0.15) is 24.0 Å². The van der Waals surface area contributed by atoms with Gasteiger partial charge in [0.25, 0.3) is 0 Å². The molecular weight excluding hydrogens is 278 g/mol. The fraction of sp³-hybridized carbons (Fsp3) is 0.571. The van der Waals surface area contributed by atoms with E-state index in [9.17, 15) is 13.5 Å². The molecule has 2 aliphatic rings. The summed E-state index contributed by atoms with van der Waals surface area (Å²) in [5.41, 5.74) is 1.28. The molecule has 1 unspecified atom stereocenters. The first-order valence-corrected chi connectivity index (χ1v) is 8.39. The lowest BCUT2D eigenvalue weighted by Gasteiger charge is -2.20. The van der Waals surface area contributed by atoms with E-state index >= 15 is 0 Å². The second-order valence-electron chi connectivity index (χ2n) is 5.64. The monoisotopic (exact) mass is 297 g/mol. The van der Waals surface area contributed by atoms with Crippen molar-refractivity contribution < 1.29 is 18.3 Å².